The molecule has 0 heteroatoms. The Balaban J connectivity index is 1.68. The fourth-order valence-corrected chi connectivity index (χ4v) is 4.30. The summed E-state index contributed by atoms with van der Waals surface area (Å²) in [6.07, 6.45) is 12.8. The van der Waals surface area contributed by atoms with Crippen LogP contribution in [-0.2, 0) is 6.42 Å². The van der Waals surface area contributed by atoms with Gasteiger partial charge in [0.1, 0.15) is 0 Å². The Bertz CT molecular complexity index is 577. The second-order valence-electron chi connectivity index (χ2n) is 7.28. The van der Waals surface area contributed by atoms with Gasteiger partial charge < -0.3 is 0 Å². The molecule has 0 radical (unpaired) electrons. The van der Waals surface area contributed by atoms with E-state index in [4.69, 9.17) is 0 Å². The average molecular weight is 294 g/mol. The van der Waals surface area contributed by atoms with E-state index >= 15 is 0 Å². The Morgan fingerprint density at radius 1 is 0.955 bits per heavy atom. The smallest absolute Gasteiger partial charge is 0.0181 e. The van der Waals surface area contributed by atoms with Gasteiger partial charge in [0.15, 0.2) is 0 Å². The van der Waals surface area contributed by atoms with E-state index in [0.29, 0.717) is 0 Å². The zero-order valence-corrected chi connectivity index (χ0v) is 14.1. The summed E-state index contributed by atoms with van der Waals surface area (Å²) in [5.41, 5.74) is 1.54. The lowest BCUT2D eigenvalue weighted by Crippen LogP contribution is -2.14. The topological polar surface area (TPSA) is 0 Å². The molecule has 0 aliphatic heterocycles. The molecule has 1 aliphatic carbocycles. The standard InChI is InChI=1S/C22H30/c1-2-8-19(15-18-9-4-3-5-10-18)16-20-13-14-21-11-6-7-12-22(21)17-20/h6-7,11-14,17-19H,2-5,8-10,15-16H2,1H3. The summed E-state index contributed by atoms with van der Waals surface area (Å²) in [6.45, 7) is 2.34. The molecule has 0 heterocycles. The summed E-state index contributed by atoms with van der Waals surface area (Å²) in [5.74, 6) is 1.89. The first-order chi connectivity index (χ1) is 10.8. The molecule has 1 aliphatic rings. The molecule has 0 bridgehead atoms. The first-order valence-electron chi connectivity index (χ1n) is 9.33. The van der Waals surface area contributed by atoms with E-state index in [9.17, 15) is 0 Å². The highest BCUT2D eigenvalue weighted by atomic mass is 14.2. The van der Waals surface area contributed by atoms with E-state index in [1.807, 2.05) is 0 Å². The summed E-state index contributed by atoms with van der Waals surface area (Å²) < 4.78 is 0. The van der Waals surface area contributed by atoms with Crippen molar-refractivity contribution < 1.29 is 0 Å². The van der Waals surface area contributed by atoms with Crippen molar-refractivity contribution in [3.63, 3.8) is 0 Å². The predicted molar refractivity (Wildman–Crippen MR) is 97.2 cm³/mol. The van der Waals surface area contributed by atoms with Crippen molar-refractivity contribution in [1.82, 2.24) is 0 Å². The van der Waals surface area contributed by atoms with Crippen molar-refractivity contribution in [2.24, 2.45) is 11.8 Å². The summed E-state index contributed by atoms with van der Waals surface area (Å²) in [4.78, 5) is 0. The van der Waals surface area contributed by atoms with E-state index < -0.39 is 0 Å². The minimum atomic E-state index is 0.884. The second-order valence-corrected chi connectivity index (χ2v) is 7.28. The lowest BCUT2D eigenvalue weighted by molar-refractivity contribution is 0.276. The monoisotopic (exact) mass is 294 g/mol. The highest BCUT2D eigenvalue weighted by Gasteiger charge is 2.19. The molecular formula is C22H30. The van der Waals surface area contributed by atoms with Gasteiger partial charge in [-0.15, -0.1) is 0 Å². The van der Waals surface area contributed by atoms with Crippen LogP contribution in [-0.4, -0.2) is 0 Å². The normalized spacial score (nSPS) is 17.7. The Hall–Kier alpha value is -1.30. The van der Waals surface area contributed by atoms with Crippen LogP contribution >= 0.6 is 0 Å². The molecular weight excluding hydrogens is 264 g/mol. The average Bonchev–Trinajstić information content (AvgIpc) is 2.56. The highest BCUT2D eigenvalue weighted by Crippen LogP contribution is 2.32. The van der Waals surface area contributed by atoms with Gasteiger partial charge in [0.25, 0.3) is 0 Å². The molecule has 118 valence electrons. The summed E-state index contributed by atoms with van der Waals surface area (Å²) in [7, 11) is 0. The van der Waals surface area contributed by atoms with E-state index in [-0.39, 0.29) is 0 Å². The third kappa shape index (κ3) is 4.12. The number of rotatable bonds is 6. The number of benzene rings is 2. The van der Waals surface area contributed by atoms with Crippen LogP contribution in [0, 0.1) is 11.8 Å². The quantitative estimate of drug-likeness (QED) is 0.551. The minimum absolute atomic E-state index is 0.884. The maximum atomic E-state index is 2.42. The number of hydrogen-bond acceptors (Lipinski definition) is 0. The zero-order chi connectivity index (χ0) is 15.2. The Morgan fingerprint density at radius 3 is 2.50 bits per heavy atom. The minimum Gasteiger partial charge on any atom is -0.0654 e. The molecule has 0 amide bonds. The molecule has 0 nitrogen and oxygen atoms in total. The summed E-state index contributed by atoms with van der Waals surface area (Å²) in [6, 6.07) is 15.8. The van der Waals surface area contributed by atoms with Gasteiger partial charge in [-0.25, -0.2) is 0 Å². The van der Waals surface area contributed by atoms with Crippen LogP contribution in [0.4, 0.5) is 0 Å². The molecule has 0 N–H and O–H groups in total. The van der Waals surface area contributed by atoms with E-state index in [2.05, 4.69) is 49.4 Å². The Kier molecular flexibility index (Phi) is 5.53. The second kappa shape index (κ2) is 7.81. The van der Waals surface area contributed by atoms with Gasteiger partial charge in [0.05, 0.1) is 0 Å². The summed E-state index contributed by atoms with van der Waals surface area (Å²) in [5, 5.41) is 2.76. The first-order valence-corrected chi connectivity index (χ1v) is 9.33. The third-order valence-electron chi connectivity index (χ3n) is 5.43. The van der Waals surface area contributed by atoms with Crippen LogP contribution < -0.4 is 0 Å². The lowest BCUT2D eigenvalue weighted by Gasteiger charge is -2.26. The van der Waals surface area contributed by atoms with Gasteiger partial charge >= 0.3 is 0 Å². The molecule has 2 aromatic rings. The van der Waals surface area contributed by atoms with Gasteiger partial charge in [0, 0.05) is 0 Å². The van der Waals surface area contributed by atoms with Gasteiger partial charge in [-0.3, -0.25) is 0 Å². The van der Waals surface area contributed by atoms with E-state index in [0.717, 1.165) is 11.8 Å². The summed E-state index contributed by atoms with van der Waals surface area (Å²) >= 11 is 0. The largest absolute Gasteiger partial charge is 0.0654 e. The van der Waals surface area contributed by atoms with Crippen molar-refractivity contribution in [2.75, 3.05) is 0 Å². The van der Waals surface area contributed by atoms with E-state index in [1.54, 1.807) is 0 Å². The Morgan fingerprint density at radius 2 is 1.73 bits per heavy atom. The molecule has 0 spiro atoms. The maximum absolute atomic E-state index is 2.42. The highest BCUT2D eigenvalue weighted by molar-refractivity contribution is 5.82. The van der Waals surface area contributed by atoms with Crippen molar-refractivity contribution in [1.29, 1.82) is 0 Å². The molecule has 3 rings (SSSR count). The molecule has 1 saturated carbocycles. The molecule has 1 unspecified atom stereocenters. The van der Waals surface area contributed by atoms with Gasteiger partial charge in [-0.05, 0) is 41.0 Å². The van der Waals surface area contributed by atoms with Crippen molar-refractivity contribution in [3.05, 3.63) is 48.0 Å². The van der Waals surface area contributed by atoms with Gasteiger partial charge in [-0.2, -0.15) is 0 Å². The van der Waals surface area contributed by atoms with Gasteiger partial charge in [-0.1, -0.05) is 94.3 Å². The van der Waals surface area contributed by atoms with Crippen LogP contribution in [0.2, 0.25) is 0 Å². The number of fused-ring (bicyclic) bond motifs is 1. The SMILES string of the molecule is CCCC(Cc1ccc2ccccc2c1)CC1CCCCC1. The molecule has 22 heavy (non-hydrogen) atoms. The van der Waals surface area contributed by atoms with Crippen LogP contribution in [0.1, 0.15) is 63.9 Å². The fourth-order valence-electron chi connectivity index (χ4n) is 4.30. The van der Waals surface area contributed by atoms with Crippen LogP contribution in [0.3, 0.4) is 0 Å². The van der Waals surface area contributed by atoms with Crippen molar-refractivity contribution >= 4 is 10.8 Å². The first kappa shape index (κ1) is 15.6. The fraction of sp³-hybridized carbons (Fsp3) is 0.545. The van der Waals surface area contributed by atoms with Gasteiger partial charge in [0.2, 0.25) is 0 Å². The molecule has 0 aromatic heterocycles. The maximum Gasteiger partial charge on any atom is -0.0181 e. The predicted octanol–water partition coefficient (Wildman–Crippen LogP) is 6.77. The Labute approximate surface area is 135 Å². The van der Waals surface area contributed by atoms with Crippen LogP contribution in [0.5, 0.6) is 0 Å². The van der Waals surface area contributed by atoms with Crippen molar-refractivity contribution in [2.45, 2.75) is 64.7 Å². The molecule has 1 atom stereocenters. The van der Waals surface area contributed by atoms with Crippen LogP contribution in [0.25, 0.3) is 10.8 Å². The number of hydrogen-bond donors (Lipinski definition) is 0. The zero-order valence-electron chi connectivity index (χ0n) is 14.1. The van der Waals surface area contributed by atoms with Crippen molar-refractivity contribution in [3.8, 4) is 0 Å². The molecule has 2 aromatic carbocycles. The molecule has 1 fully saturated rings. The molecule has 0 saturated heterocycles. The van der Waals surface area contributed by atoms with E-state index in [1.165, 1.54) is 74.1 Å². The third-order valence-corrected chi connectivity index (χ3v) is 5.43. The lowest BCUT2D eigenvalue weighted by atomic mass is 9.79. The van der Waals surface area contributed by atoms with Crippen LogP contribution in [0.15, 0.2) is 42.5 Å².